The standard InChI is InChI=1S/C16H16ClN3O/c1-11(15-8-9-21-19-15)20(2)10-13-7-6-12-4-3-5-14(17)16(12)18-13/h3-9,11H,10H2,1-2H3/t11-/m1/s1. The van der Waals surface area contributed by atoms with E-state index in [0.717, 1.165) is 28.8 Å². The van der Waals surface area contributed by atoms with E-state index in [-0.39, 0.29) is 6.04 Å². The molecule has 4 nitrogen and oxygen atoms in total. The lowest BCUT2D eigenvalue weighted by atomic mass is 10.1. The summed E-state index contributed by atoms with van der Waals surface area (Å²) in [7, 11) is 2.04. The van der Waals surface area contributed by atoms with Gasteiger partial charge in [-0.1, -0.05) is 35.0 Å². The molecule has 0 aliphatic carbocycles. The summed E-state index contributed by atoms with van der Waals surface area (Å²) in [5, 5.41) is 5.72. The Labute approximate surface area is 128 Å². The summed E-state index contributed by atoms with van der Waals surface area (Å²) in [5.41, 5.74) is 2.74. The van der Waals surface area contributed by atoms with Gasteiger partial charge < -0.3 is 4.52 Å². The van der Waals surface area contributed by atoms with Crippen molar-refractivity contribution < 1.29 is 4.52 Å². The second-order valence-corrected chi connectivity index (χ2v) is 5.54. The molecule has 0 fully saturated rings. The lowest BCUT2D eigenvalue weighted by molar-refractivity contribution is 0.238. The molecule has 2 aromatic heterocycles. The van der Waals surface area contributed by atoms with Crippen LogP contribution in [0.2, 0.25) is 5.02 Å². The van der Waals surface area contributed by atoms with Crippen molar-refractivity contribution in [2.75, 3.05) is 7.05 Å². The number of halogens is 1. The van der Waals surface area contributed by atoms with Crippen LogP contribution in [0.25, 0.3) is 10.9 Å². The lowest BCUT2D eigenvalue weighted by Crippen LogP contribution is -2.22. The molecule has 1 atom stereocenters. The minimum Gasteiger partial charge on any atom is -0.364 e. The maximum Gasteiger partial charge on any atom is 0.124 e. The molecule has 0 spiro atoms. The molecule has 3 aromatic rings. The van der Waals surface area contributed by atoms with E-state index in [4.69, 9.17) is 16.1 Å². The zero-order valence-electron chi connectivity index (χ0n) is 12.0. The number of aromatic nitrogens is 2. The van der Waals surface area contributed by atoms with Crippen LogP contribution in [0.4, 0.5) is 0 Å². The molecule has 5 heteroatoms. The molecule has 1 aromatic carbocycles. The molecule has 0 amide bonds. The Bertz CT molecular complexity index is 742. The number of pyridine rings is 1. The average molecular weight is 302 g/mol. The topological polar surface area (TPSA) is 42.2 Å². The minimum atomic E-state index is 0.160. The molecular weight excluding hydrogens is 286 g/mol. The Hall–Kier alpha value is -1.91. The van der Waals surface area contributed by atoms with Gasteiger partial charge in [0.15, 0.2) is 0 Å². The van der Waals surface area contributed by atoms with E-state index in [1.54, 1.807) is 6.26 Å². The van der Waals surface area contributed by atoms with Gasteiger partial charge in [-0.05, 0) is 26.1 Å². The van der Waals surface area contributed by atoms with E-state index in [9.17, 15) is 0 Å². The molecule has 21 heavy (non-hydrogen) atoms. The van der Waals surface area contributed by atoms with Gasteiger partial charge in [-0.2, -0.15) is 0 Å². The summed E-state index contributed by atoms with van der Waals surface area (Å²) >= 11 is 6.21. The predicted molar refractivity (Wildman–Crippen MR) is 83.1 cm³/mol. The molecule has 0 unspecified atom stereocenters. The number of hydrogen-bond acceptors (Lipinski definition) is 4. The van der Waals surface area contributed by atoms with Crippen LogP contribution in [0.1, 0.15) is 24.4 Å². The van der Waals surface area contributed by atoms with Crippen molar-refractivity contribution in [1.82, 2.24) is 15.0 Å². The van der Waals surface area contributed by atoms with Gasteiger partial charge in [0.1, 0.15) is 12.0 Å². The third-order valence-corrected chi connectivity index (χ3v) is 3.99. The third-order valence-electron chi connectivity index (χ3n) is 3.69. The lowest BCUT2D eigenvalue weighted by Gasteiger charge is -2.22. The van der Waals surface area contributed by atoms with Crippen molar-refractivity contribution in [2.45, 2.75) is 19.5 Å². The Morgan fingerprint density at radius 3 is 2.86 bits per heavy atom. The zero-order valence-corrected chi connectivity index (χ0v) is 12.7. The summed E-state index contributed by atoms with van der Waals surface area (Å²) in [6.45, 7) is 2.81. The van der Waals surface area contributed by atoms with Gasteiger partial charge >= 0.3 is 0 Å². The largest absolute Gasteiger partial charge is 0.364 e. The van der Waals surface area contributed by atoms with Crippen LogP contribution in [0.5, 0.6) is 0 Å². The molecular formula is C16H16ClN3O. The molecule has 0 N–H and O–H groups in total. The predicted octanol–water partition coefficient (Wildman–Crippen LogP) is 4.07. The van der Waals surface area contributed by atoms with Crippen molar-refractivity contribution >= 4 is 22.5 Å². The highest BCUT2D eigenvalue weighted by atomic mass is 35.5. The maximum absolute atomic E-state index is 6.21. The third kappa shape index (κ3) is 2.91. The summed E-state index contributed by atoms with van der Waals surface area (Å²) in [6.07, 6.45) is 1.59. The van der Waals surface area contributed by atoms with Crippen molar-refractivity contribution in [3.8, 4) is 0 Å². The van der Waals surface area contributed by atoms with Gasteiger partial charge in [-0.25, -0.2) is 4.98 Å². The summed E-state index contributed by atoms with van der Waals surface area (Å²) in [4.78, 5) is 6.83. The fourth-order valence-electron chi connectivity index (χ4n) is 2.30. The first-order chi connectivity index (χ1) is 10.1. The van der Waals surface area contributed by atoms with Crippen LogP contribution in [-0.2, 0) is 6.54 Å². The van der Waals surface area contributed by atoms with E-state index in [1.165, 1.54) is 0 Å². The molecule has 3 rings (SSSR count). The highest BCUT2D eigenvalue weighted by Crippen LogP contribution is 2.23. The molecule has 0 bridgehead atoms. The monoisotopic (exact) mass is 301 g/mol. The first kappa shape index (κ1) is 14.0. The number of fused-ring (bicyclic) bond motifs is 1. The van der Waals surface area contributed by atoms with Crippen LogP contribution in [0.3, 0.4) is 0 Å². The van der Waals surface area contributed by atoms with Gasteiger partial charge in [0.2, 0.25) is 0 Å². The van der Waals surface area contributed by atoms with Crippen molar-refractivity contribution in [3.05, 3.63) is 59.1 Å². The van der Waals surface area contributed by atoms with Crippen LogP contribution < -0.4 is 0 Å². The fourth-order valence-corrected chi connectivity index (χ4v) is 2.52. The van der Waals surface area contributed by atoms with E-state index in [0.29, 0.717) is 5.02 Å². The normalized spacial score (nSPS) is 13.0. The maximum atomic E-state index is 6.21. The second kappa shape index (κ2) is 5.84. The molecule has 0 aliphatic heterocycles. The van der Waals surface area contributed by atoms with Gasteiger partial charge in [0, 0.05) is 18.0 Å². The average Bonchev–Trinajstić information content (AvgIpc) is 3.01. The van der Waals surface area contributed by atoms with Crippen LogP contribution in [0.15, 0.2) is 47.2 Å². The summed E-state index contributed by atoms with van der Waals surface area (Å²) in [5.74, 6) is 0. The van der Waals surface area contributed by atoms with Crippen LogP contribution in [-0.4, -0.2) is 22.1 Å². The second-order valence-electron chi connectivity index (χ2n) is 5.13. The molecule has 108 valence electrons. The SMILES string of the molecule is C[C@H](c1ccon1)N(C)Cc1ccc2cccc(Cl)c2n1. The van der Waals surface area contributed by atoms with E-state index in [2.05, 4.69) is 28.0 Å². The highest BCUT2D eigenvalue weighted by molar-refractivity contribution is 6.35. The number of benzene rings is 1. The van der Waals surface area contributed by atoms with E-state index in [1.807, 2.05) is 37.4 Å². The van der Waals surface area contributed by atoms with Crippen molar-refractivity contribution in [1.29, 1.82) is 0 Å². The first-order valence-corrected chi connectivity index (χ1v) is 7.17. The molecule has 0 saturated carbocycles. The Morgan fingerprint density at radius 2 is 2.10 bits per heavy atom. The fraction of sp³-hybridized carbons (Fsp3) is 0.250. The molecule has 0 aliphatic rings. The number of para-hydroxylation sites is 1. The van der Waals surface area contributed by atoms with E-state index < -0.39 is 0 Å². The highest BCUT2D eigenvalue weighted by Gasteiger charge is 2.15. The van der Waals surface area contributed by atoms with Gasteiger partial charge in [-0.15, -0.1) is 0 Å². The Kier molecular flexibility index (Phi) is 3.90. The quantitative estimate of drug-likeness (QED) is 0.728. The number of rotatable bonds is 4. The van der Waals surface area contributed by atoms with Crippen LogP contribution >= 0.6 is 11.6 Å². The van der Waals surface area contributed by atoms with Crippen molar-refractivity contribution in [3.63, 3.8) is 0 Å². The number of nitrogens with zero attached hydrogens (tertiary/aromatic N) is 3. The van der Waals surface area contributed by atoms with Gasteiger partial charge in [0.25, 0.3) is 0 Å². The molecule has 0 saturated heterocycles. The van der Waals surface area contributed by atoms with Crippen molar-refractivity contribution in [2.24, 2.45) is 0 Å². The summed E-state index contributed by atoms with van der Waals surface area (Å²) in [6, 6.07) is 11.9. The first-order valence-electron chi connectivity index (χ1n) is 6.80. The van der Waals surface area contributed by atoms with Gasteiger partial charge in [0.05, 0.1) is 22.3 Å². The Morgan fingerprint density at radius 1 is 1.24 bits per heavy atom. The number of hydrogen-bond donors (Lipinski definition) is 0. The van der Waals surface area contributed by atoms with Gasteiger partial charge in [-0.3, -0.25) is 4.90 Å². The van der Waals surface area contributed by atoms with Crippen LogP contribution in [0, 0.1) is 0 Å². The summed E-state index contributed by atoms with van der Waals surface area (Å²) < 4.78 is 4.90. The molecule has 0 radical (unpaired) electrons. The van der Waals surface area contributed by atoms with E-state index >= 15 is 0 Å². The Balaban J connectivity index is 1.83. The smallest absolute Gasteiger partial charge is 0.124 e. The molecule has 2 heterocycles. The minimum absolute atomic E-state index is 0.160. The zero-order chi connectivity index (χ0) is 14.8.